The van der Waals surface area contributed by atoms with Gasteiger partial charge in [-0.25, -0.2) is 13.1 Å². The van der Waals surface area contributed by atoms with Crippen LogP contribution >= 0.6 is 0 Å². The van der Waals surface area contributed by atoms with Crippen LogP contribution in [0.4, 0.5) is 0 Å². The number of aliphatic hydroxyl groups excluding tert-OH is 1. The van der Waals surface area contributed by atoms with Crippen LogP contribution < -0.4 is 4.72 Å². The fourth-order valence-corrected chi connectivity index (χ4v) is 5.32. The maximum atomic E-state index is 12.5. The third kappa shape index (κ3) is 3.00. The van der Waals surface area contributed by atoms with Gasteiger partial charge < -0.3 is 9.84 Å². The molecule has 0 bridgehead atoms. The summed E-state index contributed by atoms with van der Waals surface area (Å²) < 4.78 is 33.8. The van der Waals surface area contributed by atoms with Gasteiger partial charge in [0.2, 0.25) is 10.0 Å². The first-order valence-electron chi connectivity index (χ1n) is 7.62. The van der Waals surface area contributed by atoms with Gasteiger partial charge in [-0.05, 0) is 25.3 Å². The molecule has 2 fully saturated rings. The largest absolute Gasteiger partial charge is 0.469 e. The maximum absolute atomic E-state index is 12.5. The molecule has 0 radical (unpaired) electrons. The number of hydrogen-bond acceptors (Lipinski definition) is 6. The van der Waals surface area contributed by atoms with E-state index in [2.05, 4.69) is 9.82 Å². The average molecular weight is 343 g/mol. The lowest BCUT2D eigenvalue weighted by atomic mass is 9.70. The molecular formula is C14H21N3O5S. The summed E-state index contributed by atoms with van der Waals surface area (Å²) in [7, 11) is -2.39. The van der Waals surface area contributed by atoms with Gasteiger partial charge in [-0.15, -0.1) is 0 Å². The van der Waals surface area contributed by atoms with Crippen molar-refractivity contribution >= 4 is 16.0 Å². The molecule has 3 unspecified atom stereocenters. The molecule has 2 aliphatic rings. The molecule has 0 saturated heterocycles. The number of carbonyl (C=O) groups is 1. The van der Waals surface area contributed by atoms with Gasteiger partial charge in [0.1, 0.15) is 0 Å². The van der Waals surface area contributed by atoms with Crippen LogP contribution in [0.15, 0.2) is 18.5 Å². The number of nitrogens with one attached hydrogen (secondary N) is 1. The first-order valence-corrected chi connectivity index (χ1v) is 9.28. The minimum atomic E-state index is -3.67. The normalized spacial score (nSPS) is 29.4. The number of aromatic nitrogens is 2. The zero-order chi connectivity index (χ0) is 16.7. The topological polar surface area (TPSA) is 111 Å². The highest BCUT2D eigenvalue weighted by Crippen LogP contribution is 2.43. The minimum Gasteiger partial charge on any atom is -0.469 e. The second-order valence-corrected chi connectivity index (χ2v) is 8.14. The number of sulfonamides is 1. The van der Waals surface area contributed by atoms with Crippen molar-refractivity contribution in [2.24, 2.45) is 5.41 Å². The van der Waals surface area contributed by atoms with E-state index >= 15 is 0 Å². The summed E-state index contributed by atoms with van der Waals surface area (Å²) in [5, 5.41) is 14.0. The Balaban J connectivity index is 1.68. The molecule has 0 spiro atoms. The lowest BCUT2D eigenvalue weighted by Crippen LogP contribution is -2.58. The molecule has 2 saturated carbocycles. The smallest absolute Gasteiger partial charge is 0.312 e. The van der Waals surface area contributed by atoms with Gasteiger partial charge in [0.05, 0.1) is 30.4 Å². The molecule has 2 aliphatic carbocycles. The van der Waals surface area contributed by atoms with Crippen LogP contribution in [0.3, 0.4) is 0 Å². The molecule has 128 valence electrons. The standard InChI is InChI=1S/C14H21N3O5S/c1-22-13(19)14(4-2-5-14)9-23(20,21)16-10-8-11(18)12(10)17-7-3-6-15-17/h3,6-7,10-12,16,18H,2,4-5,8-9H2,1H3. The fourth-order valence-electron chi connectivity index (χ4n) is 3.41. The first kappa shape index (κ1) is 16.4. The van der Waals surface area contributed by atoms with E-state index in [1.54, 1.807) is 23.1 Å². The SMILES string of the molecule is COC(=O)C1(CS(=O)(=O)NC2CC(O)C2n2cccn2)CCC1. The predicted octanol–water partition coefficient (Wildman–Crippen LogP) is -0.180. The summed E-state index contributed by atoms with van der Waals surface area (Å²) in [6.45, 7) is 0. The molecule has 1 aromatic rings. The van der Waals surface area contributed by atoms with Gasteiger partial charge in [0.15, 0.2) is 0 Å². The molecule has 23 heavy (non-hydrogen) atoms. The zero-order valence-electron chi connectivity index (χ0n) is 12.9. The van der Waals surface area contributed by atoms with Crippen molar-refractivity contribution in [3.8, 4) is 0 Å². The van der Waals surface area contributed by atoms with Crippen molar-refractivity contribution in [1.29, 1.82) is 0 Å². The van der Waals surface area contributed by atoms with Crippen molar-refractivity contribution in [2.45, 2.75) is 43.9 Å². The van der Waals surface area contributed by atoms with E-state index in [9.17, 15) is 18.3 Å². The molecule has 0 amide bonds. The Morgan fingerprint density at radius 3 is 2.74 bits per heavy atom. The molecule has 9 heteroatoms. The van der Waals surface area contributed by atoms with Crippen LogP contribution in [0.25, 0.3) is 0 Å². The highest BCUT2D eigenvalue weighted by Gasteiger charge is 2.50. The average Bonchev–Trinajstić information content (AvgIpc) is 2.94. The number of esters is 1. The maximum Gasteiger partial charge on any atom is 0.312 e. The van der Waals surface area contributed by atoms with Gasteiger partial charge >= 0.3 is 5.97 Å². The number of carbonyl (C=O) groups excluding carboxylic acids is 1. The van der Waals surface area contributed by atoms with Gasteiger partial charge in [-0.2, -0.15) is 5.10 Å². The number of nitrogens with zero attached hydrogens (tertiary/aromatic N) is 2. The predicted molar refractivity (Wildman–Crippen MR) is 80.9 cm³/mol. The summed E-state index contributed by atoms with van der Waals surface area (Å²) in [6, 6.07) is 0.872. The highest BCUT2D eigenvalue weighted by molar-refractivity contribution is 7.89. The Kier molecular flexibility index (Phi) is 4.19. The van der Waals surface area contributed by atoms with E-state index in [-0.39, 0.29) is 5.75 Å². The number of methoxy groups -OCH3 is 1. The van der Waals surface area contributed by atoms with E-state index in [4.69, 9.17) is 4.74 Å². The first-order chi connectivity index (χ1) is 10.9. The van der Waals surface area contributed by atoms with Crippen molar-refractivity contribution < 1.29 is 23.1 Å². The van der Waals surface area contributed by atoms with Crippen molar-refractivity contribution in [3.63, 3.8) is 0 Å². The molecule has 1 heterocycles. The lowest BCUT2D eigenvalue weighted by Gasteiger charge is -2.43. The number of rotatable bonds is 6. The Bertz CT molecular complexity index is 669. The van der Waals surface area contributed by atoms with Gasteiger partial charge in [0.25, 0.3) is 0 Å². The van der Waals surface area contributed by atoms with E-state index in [0.717, 1.165) is 6.42 Å². The Hall–Kier alpha value is -1.45. The highest BCUT2D eigenvalue weighted by atomic mass is 32.2. The Labute approximate surface area is 134 Å². The molecule has 3 rings (SSSR count). The van der Waals surface area contributed by atoms with E-state index in [1.807, 2.05) is 0 Å². The number of hydrogen-bond donors (Lipinski definition) is 2. The van der Waals surface area contributed by atoms with Crippen molar-refractivity contribution in [3.05, 3.63) is 18.5 Å². The monoisotopic (exact) mass is 343 g/mol. The van der Waals surface area contributed by atoms with Crippen molar-refractivity contribution in [2.75, 3.05) is 12.9 Å². The van der Waals surface area contributed by atoms with E-state index in [1.165, 1.54) is 7.11 Å². The number of ether oxygens (including phenoxy) is 1. The van der Waals surface area contributed by atoms with E-state index < -0.39 is 39.6 Å². The number of aliphatic hydroxyl groups is 1. The second-order valence-electron chi connectivity index (χ2n) is 6.39. The zero-order valence-corrected chi connectivity index (χ0v) is 13.7. The summed E-state index contributed by atoms with van der Waals surface area (Å²) >= 11 is 0. The third-order valence-corrected chi connectivity index (χ3v) is 6.45. The van der Waals surface area contributed by atoms with Crippen LogP contribution in [0.5, 0.6) is 0 Å². The van der Waals surface area contributed by atoms with Gasteiger partial charge in [-0.1, -0.05) is 6.42 Å². The second kappa shape index (κ2) is 5.88. The molecule has 8 nitrogen and oxygen atoms in total. The van der Waals surface area contributed by atoms with E-state index in [0.29, 0.717) is 19.3 Å². The van der Waals surface area contributed by atoms with Crippen LogP contribution in [0, 0.1) is 5.41 Å². The quantitative estimate of drug-likeness (QED) is 0.693. The fraction of sp³-hybridized carbons (Fsp3) is 0.714. The Morgan fingerprint density at radius 2 is 2.26 bits per heavy atom. The molecular weight excluding hydrogens is 322 g/mol. The van der Waals surface area contributed by atoms with Crippen LogP contribution in [0.2, 0.25) is 0 Å². The van der Waals surface area contributed by atoms with Gasteiger partial charge in [0, 0.05) is 18.4 Å². The molecule has 2 N–H and O–H groups in total. The minimum absolute atomic E-state index is 0.273. The Morgan fingerprint density at radius 1 is 1.52 bits per heavy atom. The summed E-state index contributed by atoms with van der Waals surface area (Å²) in [5.74, 6) is -0.739. The van der Waals surface area contributed by atoms with Crippen LogP contribution in [-0.4, -0.2) is 54.3 Å². The van der Waals surface area contributed by atoms with Gasteiger partial charge in [-0.3, -0.25) is 9.48 Å². The van der Waals surface area contributed by atoms with Crippen LogP contribution in [0.1, 0.15) is 31.7 Å². The third-order valence-electron chi connectivity index (χ3n) is 4.86. The van der Waals surface area contributed by atoms with Crippen molar-refractivity contribution in [1.82, 2.24) is 14.5 Å². The summed E-state index contributed by atoms with van der Waals surface area (Å²) in [6.07, 6.45) is 4.83. The lowest BCUT2D eigenvalue weighted by molar-refractivity contribution is -0.156. The molecule has 0 aliphatic heterocycles. The molecule has 3 atom stereocenters. The summed E-state index contributed by atoms with van der Waals surface area (Å²) in [5.41, 5.74) is -0.926. The molecule has 0 aromatic carbocycles. The van der Waals surface area contributed by atoms with Crippen LogP contribution in [-0.2, 0) is 19.6 Å². The summed E-state index contributed by atoms with van der Waals surface area (Å²) in [4.78, 5) is 11.9. The molecule has 1 aromatic heterocycles.